The number of nitrogens with one attached hydrogen (secondary N) is 3. The molecule has 17 heavy (non-hydrogen) atoms. The summed E-state index contributed by atoms with van der Waals surface area (Å²) in [4.78, 5) is 23.0. The second-order valence-corrected chi connectivity index (χ2v) is 4.95. The van der Waals surface area contributed by atoms with Crippen LogP contribution in [0.15, 0.2) is 0 Å². The van der Waals surface area contributed by atoms with E-state index in [-0.39, 0.29) is 17.9 Å². The molecule has 0 aromatic rings. The van der Waals surface area contributed by atoms with Crippen molar-refractivity contribution in [1.29, 1.82) is 0 Å². The standard InChI is InChI=1S/C12H21N3O2/c1-13-10(16)5-6-14-12(17)11-9-4-2-3-8(9)7-15-11/h8-9,11,15H,2-7H2,1H3,(H,13,16)(H,14,17). The Bertz CT molecular complexity index is 306. The van der Waals surface area contributed by atoms with E-state index in [9.17, 15) is 9.59 Å². The van der Waals surface area contributed by atoms with Gasteiger partial charge in [-0.15, -0.1) is 0 Å². The molecule has 96 valence electrons. The van der Waals surface area contributed by atoms with Gasteiger partial charge >= 0.3 is 0 Å². The SMILES string of the molecule is CNC(=O)CCNC(=O)C1NCC2CCCC21. The average Bonchev–Trinajstić information content (AvgIpc) is 2.89. The number of fused-ring (bicyclic) bond motifs is 1. The Hall–Kier alpha value is -1.10. The first-order valence-corrected chi connectivity index (χ1v) is 6.44. The summed E-state index contributed by atoms with van der Waals surface area (Å²) in [5.41, 5.74) is 0. The summed E-state index contributed by atoms with van der Waals surface area (Å²) in [6.45, 7) is 1.40. The zero-order valence-electron chi connectivity index (χ0n) is 10.3. The van der Waals surface area contributed by atoms with E-state index >= 15 is 0 Å². The Kier molecular flexibility index (Phi) is 3.99. The van der Waals surface area contributed by atoms with Gasteiger partial charge in [-0.3, -0.25) is 9.59 Å². The fourth-order valence-electron chi connectivity index (χ4n) is 3.01. The van der Waals surface area contributed by atoms with Crippen LogP contribution in [0, 0.1) is 11.8 Å². The minimum absolute atomic E-state index is 0.0350. The van der Waals surface area contributed by atoms with E-state index in [0.717, 1.165) is 13.0 Å². The van der Waals surface area contributed by atoms with Gasteiger partial charge in [0.25, 0.3) is 0 Å². The van der Waals surface area contributed by atoms with Gasteiger partial charge in [0.05, 0.1) is 6.04 Å². The maximum Gasteiger partial charge on any atom is 0.237 e. The maximum absolute atomic E-state index is 12.0. The maximum atomic E-state index is 12.0. The molecule has 3 N–H and O–H groups in total. The lowest BCUT2D eigenvalue weighted by Gasteiger charge is -2.17. The van der Waals surface area contributed by atoms with Crippen LogP contribution in [0.4, 0.5) is 0 Å². The Morgan fingerprint density at radius 3 is 2.94 bits per heavy atom. The van der Waals surface area contributed by atoms with E-state index in [2.05, 4.69) is 16.0 Å². The minimum atomic E-state index is -0.0385. The molecule has 0 aromatic heterocycles. The van der Waals surface area contributed by atoms with E-state index in [1.165, 1.54) is 12.8 Å². The van der Waals surface area contributed by atoms with Gasteiger partial charge in [0.1, 0.15) is 0 Å². The fourth-order valence-corrected chi connectivity index (χ4v) is 3.01. The van der Waals surface area contributed by atoms with Crippen LogP contribution in [-0.2, 0) is 9.59 Å². The number of rotatable bonds is 4. The molecule has 1 saturated heterocycles. The topological polar surface area (TPSA) is 70.2 Å². The van der Waals surface area contributed by atoms with Crippen LogP contribution in [0.3, 0.4) is 0 Å². The van der Waals surface area contributed by atoms with Crippen LogP contribution in [-0.4, -0.2) is 38.0 Å². The van der Waals surface area contributed by atoms with E-state index < -0.39 is 0 Å². The van der Waals surface area contributed by atoms with E-state index in [4.69, 9.17) is 0 Å². The molecule has 0 bridgehead atoms. The predicted octanol–water partition coefficient (Wildman–Crippen LogP) is -0.373. The Morgan fingerprint density at radius 2 is 2.18 bits per heavy atom. The molecule has 1 aliphatic heterocycles. The molecule has 0 spiro atoms. The quantitative estimate of drug-likeness (QED) is 0.627. The number of hydrogen-bond donors (Lipinski definition) is 3. The van der Waals surface area contributed by atoms with Gasteiger partial charge < -0.3 is 16.0 Å². The monoisotopic (exact) mass is 239 g/mol. The second kappa shape index (κ2) is 5.49. The number of amides is 2. The van der Waals surface area contributed by atoms with Crippen molar-refractivity contribution in [3.63, 3.8) is 0 Å². The van der Waals surface area contributed by atoms with Crippen molar-refractivity contribution in [1.82, 2.24) is 16.0 Å². The molecule has 1 aliphatic carbocycles. The average molecular weight is 239 g/mol. The lowest BCUT2D eigenvalue weighted by atomic mass is 9.93. The zero-order valence-corrected chi connectivity index (χ0v) is 10.3. The summed E-state index contributed by atoms with van der Waals surface area (Å²) in [7, 11) is 1.60. The molecule has 2 aliphatic rings. The molecule has 2 amide bonds. The Balaban J connectivity index is 1.74. The van der Waals surface area contributed by atoms with Gasteiger partial charge in [0, 0.05) is 20.0 Å². The van der Waals surface area contributed by atoms with Gasteiger partial charge in [0.2, 0.25) is 11.8 Å². The van der Waals surface area contributed by atoms with E-state index in [1.807, 2.05) is 0 Å². The summed E-state index contributed by atoms with van der Waals surface area (Å²) in [6.07, 6.45) is 4.01. The van der Waals surface area contributed by atoms with Crippen LogP contribution in [0.2, 0.25) is 0 Å². The molecule has 2 fully saturated rings. The van der Waals surface area contributed by atoms with Crippen molar-refractivity contribution in [2.45, 2.75) is 31.7 Å². The summed E-state index contributed by atoms with van der Waals surface area (Å²) < 4.78 is 0. The van der Waals surface area contributed by atoms with Crippen molar-refractivity contribution in [2.24, 2.45) is 11.8 Å². The van der Waals surface area contributed by atoms with Crippen molar-refractivity contribution >= 4 is 11.8 Å². The highest BCUT2D eigenvalue weighted by Gasteiger charge is 2.42. The van der Waals surface area contributed by atoms with Crippen molar-refractivity contribution < 1.29 is 9.59 Å². The Morgan fingerprint density at radius 1 is 1.35 bits per heavy atom. The third kappa shape index (κ3) is 2.77. The first kappa shape index (κ1) is 12.4. The molecule has 0 radical (unpaired) electrons. The fraction of sp³-hybridized carbons (Fsp3) is 0.833. The summed E-state index contributed by atoms with van der Waals surface area (Å²) >= 11 is 0. The summed E-state index contributed by atoms with van der Waals surface area (Å²) in [5, 5.41) is 8.68. The summed E-state index contributed by atoms with van der Waals surface area (Å²) in [6, 6.07) is -0.0350. The number of carbonyl (C=O) groups is 2. The smallest absolute Gasteiger partial charge is 0.237 e. The van der Waals surface area contributed by atoms with Crippen LogP contribution in [0.1, 0.15) is 25.7 Å². The highest BCUT2D eigenvalue weighted by Crippen LogP contribution is 2.37. The third-order valence-electron chi connectivity index (χ3n) is 3.96. The molecule has 3 atom stereocenters. The van der Waals surface area contributed by atoms with E-state index in [0.29, 0.717) is 24.8 Å². The van der Waals surface area contributed by atoms with Crippen molar-refractivity contribution in [3.8, 4) is 0 Å². The summed E-state index contributed by atoms with van der Waals surface area (Å²) in [5.74, 6) is 1.21. The lowest BCUT2D eigenvalue weighted by Crippen LogP contribution is -2.44. The molecule has 2 rings (SSSR count). The molecule has 0 aromatic carbocycles. The second-order valence-electron chi connectivity index (χ2n) is 4.95. The minimum Gasteiger partial charge on any atom is -0.359 e. The molecule has 3 unspecified atom stereocenters. The van der Waals surface area contributed by atoms with Crippen LogP contribution < -0.4 is 16.0 Å². The zero-order chi connectivity index (χ0) is 12.3. The van der Waals surface area contributed by atoms with Gasteiger partial charge in [0.15, 0.2) is 0 Å². The first-order chi connectivity index (χ1) is 8.22. The van der Waals surface area contributed by atoms with E-state index in [1.54, 1.807) is 7.05 Å². The third-order valence-corrected chi connectivity index (χ3v) is 3.96. The van der Waals surface area contributed by atoms with Crippen LogP contribution in [0.25, 0.3) is 0 Å². The van der Waals surface area contributed by atoms with Gasteiger partial charge in [-0.2, -0.15) is 0 Å². The van der Waals surface area contributed by atoms with Crippen molar-refractivity contribution in [2.75, 3.05) is 20.1 Å². The molecule has 1 heterocycles. The first-order valence-electron chi connectivity index (χ1n) is 6.44. The molecule has 1 saturated carbocycles. The van der Waals surface area contributed by atoms with Crippen LogP contribution in [0.5, 0.6) is 0 Å². The van der Waals surface area contributed by atoms with Crippen molar-refractivity contribution in [3.05, 3.63) is 0 Å². The number of hydrogen-bond acceptors (Lipinski definition) is 3. The molecular weight excluding hydrogens is 218 g/mol. The highest BCUT2D eigenvalue weighted by molar-refractivity contribution is 5.83. The lowest BCUT2D eigenvalue weighted by molar-refractivity contribution is -0.124. The largest absolute Gasteiger partial charge is 0.359 e. The molecular formula is C12H21N3O2. The predicted molar refractivity (Wildman–Crippen MR) is 64.3 cm³/mol. The van der Waals surface area contributed by atoms with Crippen LogP contribution >= 0.6 is 0 Å². The van der Waals surface area contributed by atoms with Gasteiger partial charge in [-0.05, 0) is 31.2 Å². The normalized spacial score (nSPS) is 31.0. The molecule has 5 heteroatoms. The number of carbonyl (C=O) groups excluding carboxylic acids is 2. The highest BCUT2D eigenvalue weighted by atomic mass is 16.2. The molecule has 5 nitrogen and oxygen atoms in total. The van der Waals surface area contributed by atoms with Gasteiger partial charge in [-0.1, -0.05) is 6.42 Å². The van der Waals surface area contributed by atoms with Gasteiger partial charge in [-0.25, -0.2) is 0 Å². The Labute approximate surface area is 102 Å².